The molecule has 35 heavy (non-hydrogen) atoms. The summed E-state index contributed by atoms with van der Waals surface area (Å²) in [5.74, 6) is -0.514. The average molecular weight is 514 g/mol. The minimum Gasteiger partial charge on any atom is -0.371 e. The van der Waals surface area contributed by atoms with E-state index in [2.05, 4.69) is 20.3 Å². The number of halogens is 6. The molecule has 2 heterocycles. The number of anilines is 1. The van der Waals surface area contributed by atoms with Gasteiger partial charge in [-0.2, -0.15) is 13.2 Å². The highest BCUT2D eigenvalue weighted by molar-refractivity contribution is 6.31. The number of pyridine rings is 1. The smallest absolute Gasteiger partial charge is 0.371 e. The molecule has 1 saturated carbocycles. The van der Waals surface area contributed by atoms with Gasteiger partial charge in [0.05, 0.1) is 17.9 Å². The Morgan fingerprint density at radius 3 is 2.43 bits per heavy atom. The molecule has 0 radical (unpaired) electrons. The van der Waals surface area contributed by atoms with E-state index in [0.717, 1.165) is 18.5 Å². The average Bonchev–Trinajstić information content (AvgIpc) is 2.83. The molecule has 0 saturated heterocycles. The van der Waals surface area contributed by atoms with Crippen molar-refractivity contribution >= 4 is 34.1 Å². The van der Waals surface area contributed by atoms with Gasteiger partial charge in [-0.1, -0.05) is 11.6 Å². The third-order valence-corrected chi connectivity index (χ3v) is 6.36. The Balaban J connectivity index is 1.46. The zero-order valence-corrected chi connectivity index (χ0v) is 19.2. The molecule has 12 heteroatoms. The van der Waals surface area contributed by atoms with Gasteiger partial charge in [0.1, 0.15) is 17.1 Å². The van der Waals surface area contributed by atoms with Gasteiger partial charge in [0.2, 0.25) is 0 Å². The maximum absolute atomic E-state index is 13.5. The Labute approximate surface area is 202 Å². The van der Waals surface area contributed by atoms with Gasteiger partial charge in [0, 0.05) is 35.2 Å². The Morgan fingerprint density at radius 2 is 1.83 bits per heavy atom. The summed E-state index contributed by atoms with van der Waals surface area (Å²) in [4.78, 5) is 25.2. The predicted octanol–water partition coefficient (Wildman–Crippen LogP) is 5.81. The summed E-state index contributed by atoms with van der Waals surface area (Å²) >= 11 is 6.10. The number of carbonyl (C=O) groups is 1. The number of amides is 1. The second-order valence-corrected chi connectivity index (χ2v) is 8.84. The van der Waals surface area contributed by atoms with Crippen LogP contribution in [0.3, 0.4) is 0 Å². The minimum absolute atomic E-state index is 0.0616. The van der Waals surface area contributed by atoms with Crippen molar-refractivity contribution in [2.45, 2.75) is 50.4 Å². The lowest BCUT2D eigenvalue weighted by Gasteiger charge is -2.37. The molecule has 0 aliphatic heterocycles. The van der Waals surface area contributed by atoms with Crippen molar-refractivity contribution in [1.29, 1.82) is 0 Å². The van der Waals surface area contributed by atoms with E-state index in [1.165, 1.54) is 12.1 Å². The van der Waals surface area contributed by atoms with Crippen molar-refractivity contribution in [1.82, 2.24) is 20.3 Å². The van der Waals surface area contributed by atoms with Gasteiger partial charge in [-0.15, -0.1) is 0 Å². The molecule has 3 aromatic rings. The first-order chi connectivity index (χ1) is 16.5. The van der Waals surface area contributed by atoms with Gasteiger partial charge in [-0.05, 0) is 49.9 Å². The zero-order valence-electron chi connectivity index (χ0n) is 18.5. The number of nitrogens with one attached hydrogen (secondary N) is 1. The largest absolute Gasteiger partial charge is 0.433 e. The lowest BCUT2D eigenvalue weighted by Crippen LogP contribution is -2.43. The lowest BCUT2D eigenvalue weighted by atomic mass is 9.89. The molecule has 0 spiro atoms. The number of carbonyl (C=O) groups excluding carboxylic acids is 1. The topological polar surface area (TPSA) is 71.0 Å². The third-order valence-electron chi connectivity index (χ3n) is 6.13. The fourth-order valence-electron chi connectivity index (χ4n) is 4.25. The SMILES string of the molecule is CN(c1cc(C(F)(F)F)nc2ccc(Cl)cc12)C1CCC(NC(=O)c2cnc(C(F)F)cn2)CC1. The quantitative estimate of drug-likeness (QED) is 0.436. The van der Waals surface area contributed by atoms with E-state index in [-0.39, 0.29) is 23.3 Å². The molecule has 6 nitrogen and oxygen atoms in total. The summed E-state index contributed by atoms with van der Waals surface area (Å²) in [5.41, 5.74) is -0.969. The van der Waals surface area contributed by atoms with E-state index in [9.17, 15) is 26.7 Å². The highest BCUT2D eigenvalue weighted by Gasteiger charge is 2.35. The van der Waals surface area contributed by atoms with Crippen LogP contribution in [0.2, 0.25) is 5.02 Å². The van der Waals surface area contributed by atoms with Gasteiger partial charge >= 0.3 is 6.18 Å². The summed E-state index contributed by atoms with van der Waals surface area (Å²) in [6.07, 6.45) is -3.10. The van der Waals surface area contributed by atoms with Crippen molar-refractivity contribution in [3.63, 3.8) is 0 Å². The van der Waals surface area contributed by atoms with Crippen LogP contribution >= 0.6 is 11.6 Å². The molecule has 4 rings (SSSR count). The van der Waals surface area contributed by atoms with Crippen LogP contribution in [0.4, 0.5) is 27.6 Å². The highest BCUT2D eigenvalue weighted by atomic mass is 35.5. The summed E-state index contributed by atoms with van der Waals surface area (Å²) in [6, 6.07) is 5.35. The first kappa shape index (κ1) is 25.0. The van der Waals surface area contributed by atoms with Crippen LogP contribution in [0.25, 0.3) is 10.9 Å². The van der Waals surface area contributed by atoms with Crippen LogP contribution in [-0.2, 0) is 6.18 Å². The van der Waals surface area contributed by atoms with Crippen molar-refractivity contribution < 1.29 is 26.7 Å². The summed E-state index contributed by atoms with van der Waals surface area (Å²) in [7, 11) is 1.74. The van der Waals surface area contributed by atoms with Crippen molar-refractivity contribution in [2.24, 2.45) is 0 Å². The molecular weight excluding hydrogens is 493 g/mol. The number of hydrogen-bond donors (Lipinski definition) is 1. The summed E-state index contributed by atoms with van der Waals surface area (Å²) in [6.45, 7) is 0. The van der Waals surface area contributed by atoms with E-state index in [1.807, 2.05) is 4.90 Å². The standard InChI is InChI=1S/C23H21ClF5N5O/c1-34(19-9-20(23(27,28)29)33-16-7-2-12(24)8-15(16)19)14-5-3-13(4-6-14)32-22(35)18-11-30-17(10-31-18)21(25)26/h2,7-11,13-14,21H,3-6H2,1H3,(H,32,35). The van der Waals surface area contributed by atoms with Crippen LogP contribution < -0.4 is 10.2 Å². The first-order valence-corrected chi connectivity index (χ1v) is 11.2. The van der Waals surface area contributed by atoms with Gasteiger partial charge in [-0.3, -0.25) is 9.78 Å². The van der Waals surface area contributed by atoms with Crippen LogP contribution in [0, 0.1) is 0 Å². The molecule has 1 N–H and O–H groups in total. The molecule has 186 valence electrons. The molecule has 1 fully saturated rings. The molecule has 1 aliphatic rings. The Hall–Kier alpha value is -3.08. The number of fused-ring (bicyclic) bond motifs is 1. The van der Waals surface area contributed by atoms with Crippen molar-refractivity contribution in [3.8, 4) is 0 Å². The Kier molecular flexibility index (Phi) is 7.07. The Bertz CT molecular complexity index is 1210. The maximum atomic E-state index is 13.5. The Morgan fingerprint density at radius 1 is 1.11 bits per heavy atom. The fourth-order valence-corrected chi connectivity index (χ4v) is 4.42. The van der Waals surface area contributed by atoms with Gasteiger partial charge in [0.25, 0.3) is 12.3 Å². The molecule has 1 aromatic carbocycles. The van der Waals surface area contributed by atoms with E-state index in [0.29, 0.717) is 41.8 Å². The van der Waals surface area contributed by atoms with Crippen LogP contribution in [-0.4, -0.2) is 40.0 Å². The number of aromatic nitrogens is 3. The van der Waals surface area contributed by atoms with Gasteiger partial charge in [-0.25, -0.2) is 18.7 Å². The number of hydrogen-bond acceptors (Lipinski definition) is 5. The lowest BCUT2D eigenvalue weighted by molar-refractivity contribution is -0.140. The maximum Gasteiger partial charge on any atom is 0.433 e. The zero-order chi connectivity index (χ0) is 25.3. The third kappa shape index (κ3) is 5.61. The molecule has 0 unspecified atom stereocenters. The number of rotatable bonds is 5. The van der Waals surface area contributed by atoms with E-state index in [4.69, 9.17) is 11.6 Å². The van der Waals surface area contributed by atoms with Crippen LogP contribution in [0.15, 0.2) is 36.7 Å². The summed E-state index contributed by atoms with van der Waals surface area (Å²) < 4.78 is 65.6. The fraction of sp³-hybridized carbons (Fsp3) is 0.391. The number of benzene rings is 1. The number of alkyl halides is 5. The molecule has 1 amide bonds. The van der Waals surface area contributed by atoms with Crippen LogP contribution in [0.1, 0.15) is 54.0 Å². The second-order valence-electron chi connectivity index (χ2n) is 8.40. The normalized spacial score (nSPS) is 18.6. The first-order valence-electron chi connectivity index (χ1n) is 10.8. The highest BCUT2D eigenvalue weighted by Crippen LogP contribution is 2.37. The molecule has 1 aliphatic carbocycles. The predicted molar refractivity (Wildman–Crippen MR) is 121 cm³/mol. The molecule has 2 aromatic heterocycles. The van der Waals surface area contributed by atoms with Crippen LogP contribution in [0.5, 0.6) is 0 Å². The monoisotopic (exact) mass is 513 g/mol. The molecular formula is C23H21ClF5N5O. The number of nitrogens with zero attached hydrogens (tertiary/aromatic N) is 4. The minimum atomic E-state index is -4.60. The molecule has 0 bridgehead atoms. The van der Waals surface area contributed by atoms with E-state index >= 15 is 0 Å². The summed E-state index contributed by atoms with van der Waals surface area (Å²) in [5, 5.41) is 3.74. The van der Waals surface area contributed by atoms with Crippen molar-refractivity contribution in [2.75, 3.05) is 11.9 Å². The van der Waals surface area contributed by atoms with Gasteiger partial charge < -0.3 is 10.2 Å². The molecule has 0 atom stereocenters. The van der Waals surface area contributed by atoms with E-state index < -0.39 is 29.9 Å². The second kappa shape index (κ2) is 9.88. The van der Waals surface area contributed by atoms with Gasteiger partial charge in [0.15, 0.2) is 0 Å². The van der Waals surface area contributed by atoms with E-state index in [1.54, 1.807) is 13.1 Å². The van der Waals surface area contributed by atoms with Crippen molar-refractivity contribution in [3.05, 3.63) is 58.8 Å².